The zero-order valence-electron chi connectivity index (χ0n) is 13.1. The molecule has 0 aliphatic carbocycles. The summed E-state index contributed by atoms with van der Waals surface area (Å²) in [6, 6.07) is 17.6. The molecule has 1 fully saturated rings. The lowest BCUT2D eigenvalue weighted by atomic mass is 9.81. The molecule has 3 rings (SSSR count). The van der Waals surface area contributed by atoms with Gasteiger partial charge in [0.15, 0.2) is 0 Å². The van der Waals surface area contributed by atoms with E-state index in [9.17, 15) is 4.79 Å². The Morgan fingerprint density at radius 1 is 1.13 bits per heavy atom. The van der Waals surface area contributed by atoms with Crippen molar-refractivity contribution in [3.05, 3.63) is 65.7 Å². The number of ether oxygens (including phenoxy) is 1. The average Bonchev–Trinajstić information content (AvgIpc) is 2.61. The third-order valence-corrected chi connectivity index (χ3v) is 4.44. The van der Waals surface area contributed by atoms with Crippen LogP contribution in [0.15, 0.2) is 54.6 Å². The predicted octanol–water partition coefficient (Wildman–Crippen LogP) is 2.56. The van der Waals surface area contributed by atoms with E-state index in [2.05, 4.69) is 35.6 Å². The number of rotatable bonds is 5. The number of benzene rings is 2. The maximum atomic E-state index is 11.1. The van der Waals surface area contributed by atoms with Crippen LogP contribution in [0.5, 0.6) is 5.75 Å². The van der Waals surface area contributed by atoms with Crippen LogP contribution < -0.4 is 15.8 Å². The fourth-order valence-electron chi connectivity index (χ4n) is 3.16. The van der Waals surface area contributed by atoms with Crippen LogP contribution in [0.2, 0.25) is 0 Å². The van der Waals surface area contributed by atoms with E-state index in [1.54, 1.807) is 24.3 Å². The van der Waals surface area contributed by atoms with Gasteiger partial charge in [0.2, 0.25) is 5.91 Å². The predicted molar refractivity (Wildman–Crippen MR) is 90.6 cm³/mol. The quantitative estimate of drug-likeness (QED) is 0.892. The molecule has 3 N–H and O–H groups in total. The first-order valence-electron chi connectivity index (χ1n) is 8.02. The van der Waals surface area contributed by atoms with Crippen molar-refractivity contribution in [3.63, 3.8) is 0 Å². The standard InChI is InChI=1S/C19H22N2O2/c20-19(22)15-6-8-17(9-7-15)23-13-16-12-21-11-10-18(16)14-4-2-1-3-5-14/h1-9,16,18,21H,10-13H2,(H2,20,22). The van der Waals surface area contributed by atoms with E-state index in [0.717, 1.165) is 25.3 Å². The molecule has 120 valence electrons. The molecule has 1 amide bonds. The van der Waals surface area contributed by atoms with Crippen LogP contribution in [0.4, 0.5) is 0 Å². The minimum Gasteiger partial charge on any atom is -0.493 e. The first-order chi connectivity index (χ1) is 11.2. The molecule has 4 heteroatoms. The van der Waals surface area contributed by atoms with Crippen molar-refractivity contribution in [1.29, 1.82) is 0 Å². The highest BCUT2D eigenvalue weighted by Crippen LogP contribution is 2.30. The summed E-state index contributed by atoms with van der Waals surface area (Å²) in [5.41, 5.74) is 7.13. The monoisotopic (exact) mass is 310 g/mol. The molecule has 0 saturated carbocycles. The molecule has 0 bridgehead atoms. The zero-order valence-corrected chi connectivity index (χ0v) is 13.1. The van der Waals surface area contributed by atoms with Gasteiger partial charge in [0, 0.05) is 18.0 Å². The highest BCUT2D eigenvalue weighted by molar-refractivity contribution is 5.92. The minimum atomic E-state index is -0.419. The number of hydrogen-bond acceptors (Lipinski definition) is 3. The Morgan fingerprint density at radius 3 is 2.57 bits per heavy atom. The second-order valence-electron chi connectivity index (χ2n) is 5.97. The van der Waals surface area contributed by atoms with Gasteiger partial charge in [-0.05, 0) is 48.7 Å². The average molecular weight is 310 g/mol. The van der Waals surface area contributed by atoms with Gasteiger partial charge in [0.05, 0.1) is 6.61 Å². The first kappa shape index (κ1) is 15.6. The van der Waals surface area contributed by atoms with E-state index < -0.39 is 5.91 Å². The van der Waals surface area contributed by atoms with E-state index in [1.807, 2.05) is 0 Å². The number of amides is 1. The third kappa shape index (κ3) is 3.90. The maximum Gasteiger partial charge on any atom is 0.248 e. The summed E-state index contributed by atoms with van der Waals surface area (Å²) in [5.74, 6) is 1.30. The minimum absolute atomic E-state index is 0.419. The van der Waals surface area contributed by atoms with Gasteiger partial charge in [-0.3, -0.25) is 4.79 Å². The summed E-state index contributed by atoms with van der Waals surface area (Å²) in [4.78, 5) is 11.1. The Labute approximate surface area is 136 Å². The molecular formula is C19H22N2O2. The largest absolute Gasteiger partial charge is 0.493 e. The van der Waals surface area contributed by atoms with Gasteiger partial charge in [-0.25, -0.2) is 0 Å². The van der Waals surface area contributed by atoms with Crippen molar-refractivity contribution < 1.29 is 9.53 Å². The fourth-order valence-corrected chi connectivity index (χ4v) is 3.16. The molecule has 1 saturated heterocycles. The van der Waals surface area contributed by atoms with E-state index in [1.165, 1.54) is 5.56 Å². The van der Waals surface area contributed by atoms with Crippen LogP contribution in [-0.4, -0.2) is 25.6 Å². The number of nitrogens with one attached hydrogen (secondary N) is 1. The lowest BCUT2D eigenvalue weighted by Gasteiger charge is -2.32. The first-order valence-corrected chi connectivity index (χ1v) is 8.02. The second-order valence-corrected chi connectivity index (χ2v) is 5.97. The van der Waals surface area contributed by atoms with Crippen molar-refractivity contribution in [2.45, 2.75) is 12.3 Å². The Bertz CT molecular complexity index is 640. The Hall–Kier alpha value is -2.33. The molecule has 2 unspecified atom stereocenters. The summed E-state index contributed by atoms with van der Waals surface area (Å²) >= 11 is 0. The summed E-state index contributed by atoms with van der Waals surface area (Å²) < 4.78 is 5.94. The smallest absolute Gasteiger partial charge is 0.248 e. The van der Waals surface area contributed by atoms with Crippen LogP contribution in [-0.2, 0) is 0 Å². The number of primary amides is 1. The second kappa shape index (κ2) is 7.29. The van der Waals surface area contributed by atoms with Gasteiger partial charge in [0.25, 0.3) is 0 Å². The van der Waals surface area contributed by atoms with Gasteiger partial charge in [0.1, 0.15) is 5.75 Å². The van der Waals surface area contributed by atoms with E-state index in [0.29, 0.717) is 24.0 Å². The van der Waals surface area contributed by atoms with Crippen molar-refractivity contribution in [2.24, 2.45) is 11.7 Å². The highest BCUT2D eigenvalue weighted by Gasteiger charge is 2.26. The fraction of sp³-hybridized carbons (Fsp3) is 0.316. The van der Waals surface area contributed by atoms with Crippen LogP contribution in [0, 0.1) is 5.92 Å². The van der Waals surface area contributed by atoms with Gasteiger partial charge in [-0.2, -0.15) is 0 Å². The third-order valence-electron chi connectivity index (χ3n) is 4.44. The number of carbonyl (C=O) groups excluding carboxylic acids is 1. The Balaban J connectivity index is 1.64. The highest BCUT2D eigenvalue weighted by atomic mass is 16.5. The van der Waals surface area contributed by atoms with Crippen molar-refractivity contribution >= 4 is 5.91 Å². The number of piperidine rings is 1. The summed E-state index contributed by atoms with van der Waals surface area (Å²) in [6.45, 7) is 2.66. The summed E-state index contributed by atoms with van der Waals surface area (Å²) in [6.07, 6.45) is 1.12. The molecule has 2 atom stereocenters. The van der Waals surface area contributed by atoms with Crippen LogP contribution in [0.3, 0.4) is 0 Å². The summed E-state index contributed by atoms with van der Waals surface area (Å²) in [5, 5.41) is 3.45. The van der Waals surface area contributed by atoms with Crippen LogP contribution >= 0.6 is 0 Å². The van der Waals surface area contributed by atoms with Crippen LogP contribution in [0.25, 0.3) is 0 Å². The number of carbonyl (C=O) groups is 1. The van der Waals surface area contributed by atoms with E-state index >= 15 is 0 Å². The molecule has 0 radical (unpaired) electrons. The van der Waals surface area contributed by atoms with E-state index in [4.69, 9.17) is 10.5 Å². The van der Waals surface area contributed by atoms with E-state index in [-0.39, 0.29) is 0 Å². The topological polar surface area (TPSA) is 64.4 Å². The Kier molecular flexibility index (Phi) is 4.93. The number of nitrogens with two attached hydrogens (primary N) is 1. The molecule has 1 heterocycles. The molecule has 0 spiro atoms. The summed E-state index contributed by atoms with van der Waals surface area (Å²) in [7, 11) is 0. The molecular weight excluding hydrogens is 288 g/mol. The normalized spacial score (nSPS) is 20.9. The molecule has 0 aromatic heterocycles. The molecule has 1 aliphatic rings. The van der Waals surface area contributed by atoms with Gasteiger partial charge in [-0.15, -0.1) is 0 Å². The van der Waals surface area contributed by atoms with Crippen molar-refractivity contribution in [1.82, 2.24) is 5.32 Å². The molecule has 2 aromatic carbocycles. The number of hydrogen-bond donors (Lipinski definition) is 2. The lowest BCUT2D eigenvalue weighted by Crippen LogP contribution is -2.38. The van der Waals surface area contributed by atoms with Crippen molar-refractivity contribution in [2.75, 3.05) is 19.7 Å². The van der Waals surface area contributed by atoms with Gasteiger partial charge < -0.3 is 15.8 Å². The molecule has 1 aliphatic heterocycles. The van der Waals surface area contributed by atoms with Gasteiger partial charge >= 0.3 is 0 Å². The van der Waals surface area contributed by atoms with Crippen molar-refractivity contribution in [3.8, 4) is 5.75 Å². The van der Waals surface area contributed by atoms with Gasteiger partial charge in [-0.1, -0.05) is 30.3 Å². The molecule has 23 heavy (non-hydrogen) atoms. The Morgan fingerprint density at radius 2 is 1.87 bits per heavy atom. The molecule has 4 nitrogen and oxygen atoms in total. The maximum absolute atomic E-state index is 11.1. The SMILES string of the molecule is NC(=O)c1ccc(OCC2CNCCC2c2ccccc2)cc1. The molecule has 2 aromatic rings. The zero-order chi connectivity index (χ0) is 16.1. The van der Waals surface area contributed by atoms with Crippen LogP contribution in [0.1, 0.15) is 28.3 Å². The lowest BCUT2D eigenvalue weighted by molar-refractivity contribution is 0.1000.